The molecule has 0 amide bonds. The number of allylic oxidation sites excluding steroid dienone is 1. The first-order chi connectivity index (χ1) is 8.93. The summed E-state index contributed by atoms with van der Waals surface area (Å²) in [5.74, 6) is 0.294. The predicted molar refractivity (Wildman–Crippen MR) is 78.6 cm³/mol. The van der Waals surface area contributed by atoms with E-state index in [1.54, 1.807) is 14.0 Å². The Morgan fingerprint density at radius 1 is 1.53 bits per heavy atom. The van der Waals surface area contributed by atoms with Crippen molar-refractivity contribution in [2.75, 3.05) is 6.61 Å². The summed E-state index contributed by atoms with van der Waals surface area (Å²) in [7, 11) is 1.55. The molecule has 1 heterocycles. The summed E-state index contributed by atoms with van der Waals surface area (Å²) in [6.45, 7) is 5.27. The zero-order chi connectivity index (χ0) is 14.6. The zero-order valence-corrected chi connectivity index (χ0v) is 12.5. The van der Waals surface area contributed by atoms with Crippen LogP contribution < -0.4 is 11.2 Å². The Balaban J connectivity index is 3.52. The fourth-order valence-electron chi connectivity index (χ4n) is 1.64. The molecule has 0 aliphatic carbocycles. The fraction of sp³-hybridized carbons (Fsp3) is 0.417. The summed E-state index contributed by atoms with van der Waals surface area (Å²) >= 11 is 3.17. The van der Waals surface area contributed by atoms with Gasteiger partial charge in [-0.15, -0.1) is 0 Å². The molecule has 19 heavy (non-hydrogen) atoms. The maximum absolute atomic E-state index is 12.1. The van der Waals surface area contributed by atoms with Crippen LogP contribution in [0, 0.1) is 6.92 Å². The average molecular weight is 330 g/mol. The molecule has 6 nitrogen and oxygen atoms in total. The van der Waals surface area contributed by atoms with Gasteiger partial charge in [0, 0.05) is 20.2 Å². The third-order valence-corrected chi connectivity index (χ3v) is 3.16. The molecule has 1 N–H and O–H groups in total. The molecule has 1 rings (SSSR count). The van der Waals surface area contributed by atoms with Gasteiger partial charge in [-0.25, -0.2) is 9.79 Å². The molecule has 0 atom stereocenters. The molecule has 1 aromatic rings. The number of halogens is 1. The number of aliphatic hydroxyl groups excluding tert-OH is 1. The number of rotatable bonds is 5. The highest BCUT2D eigenvalue weighted by Gasteiger charge is 2.13. The minimum absolute atomic E-state index is 0.0729. The Hall–Kier alpha value is -1.47. The van der Waals surface area contributed by atoms with E-state index in [-0.39, 0.29) is 18.7 Å². The topological polar surface area (TPSA) is 76.6 Å². The van der Waals surface area contributed by atoms with E-state index in [0.717, 1.165) is 4.57 Å². The lowest BCUT2D eigenvalue weighted by Gasteiger charge is -2.11. The summed E-state index contributed by atoms with van der Waals surface area (Å²) in [5.41, 5.74) is -0.467. The van der Waals surface area contributed by atoms with E-state index in [1.807, 2.05) is 0 Å². The van der Waals surface area contributed by atoms with Crippen LogP contribution in [0.15, 0.2) is 27.2 Å². The van der Waals surface area contributed by atoms with Crippen molar-refractivity contribution in [3.8, 4) is 0 Å². The van der Waals surface area contributed by atoms with Crippen LogP contribution in [0.1, 0.15) is 12.0 Å². The lowest BCUT2D eigenvalue weighted by atomic mass is 10.3. The first-order valence-corrected chi connectivity index (χ1v) is 6.51. The van der Waals surface area contributed by atoms with Crippen molar-refractivity contribution in [1.29, 1.82) is 0 Å². The second-order valence-corrected chi connectivity index (χ2v) is 4.78. The minimum atomic E-state index is -0.452. The highest BCUT2D eigenvalue weighted by atomic mass is 79.9. The van der Waals surface area contributed by atoms with E-state index in [2.05, 4.69) is 27.5 Å². The summed E-state index contributed by atoms with van der Waals surface area (Å²) in [6, 6.07) is 0. The van der Waals surface area contributed by atoms with E-state index < -0.39 is 5.69 Å². The second kappa shape index (κ2) is 6.63. The summed E-state index contributed by atoms with van der Waals surface area (Å²) in [6.07, 6.45) is 1.83. The van der Waals surface area contributed by atoms with Crippen molar-refractivity contribution in [3.05, 3.63) is 39.1 Å². The van der Waals surface area contributed by atoms with Crippen LogP contribution in [0.4, 0.5) is 5.82 Å². The van der Waals surface area contributed by atoms with Gasteiger partial charge in [-0.1, -0.05) is 6.58 Å². The van der Waals surface area contributed by atoms with Gasteiger partial charge in [-0.2, -0.15) is 0 Å². The van der Waals surface area contributed by atoms with Crippen molar-refractivity contribution in [1.82, 2.24) is 9.13 Å². The largest absolute Gasteiger partial charge is 0.396 e. The first kappa shape index (κ1) is 15.6. The molecule has 0 saturated carbocycles. The number of aliphatic imine (C=N–C) groups is 1. The third kappa shape index (κ3) is 3.30. The highest BCUT2D eigenvalue weighted by molar-refractivity contribution is 9.18. The van der Waals surface area contributed by atoms with Gasteiger partial charge in [-0.3, -0.25) is 13.9 Å². The molecule has 0 fully saturated rings. The SMILES string of the molecule is C=CC(Br)=Nc1c(C)c(=O)n(CCCO)c(=O)n1C. The number of nitrogens with zero attached hydrogens (tertiary/aromatic N) is 3. The van der Waals surface area contributed by atoms with Crippen molar-refractivity contribution < 1.29 is 5.11 Å². The highest BCUT2D eigenvalue weighted by Crippen LogP contribution is 2.13. The quantitative estimate of drug-likeness (QED) is 0.813. The fourth-order valence-corrected chi connectivity index (χ4v) is 1.81. The lowest BCUT2D eigenvalue weighted by molar-refractivity contribution is 0.277. The van der Waals surface area contributed by atoms with Gasteiger partial charge in [0.05, 0.1) is 5.56 Å². The van der Waals surface area contributed by atoms with Crippen LogP contribution in [0.25, 0.3) is 0 Å². The Bertz CT molecular complexity index is 591. The first-order valence-electron chi connectivity index (χ1n) is 5.72. The number of aliphatic hydroxyl groups is 1. The van der Waals surface area contributed by atoms with Crippen LogP contribution in [-0.4, -0.2) is 25.5 Å². The van der Waals surface area contributed by atoms with Crippen molar-refractivity contribution in [2.24, 2.45) is 12.0 Å². The minimum Gasteiger partial charge on any atom is -0.396 e. The van der Waals surface area contributed by atoms with E-state index in [1.165, 1.54) is 10.6 Å². The van der Waals surface area contributed by atoms with Crippen molar-refractivity contribution in [3.63, 3.8) is 0 Å². The molecule has 0 radical (unpaired) electrons. The molecule has 0 spiro atoms. The Labute approximate surface area is 118 Å². The van der Waals surface area contributed by atoms with Crippen molar-refractivity contribution >= 4 is 26.4 Å². The Morgan fingerprint density at radius 2 is 2.16 bits per heavy atom. The molecule has 0 bridgehead atoms. The van der Waals surface area contributed by atoms with E-state index >= 15 is 0 Å². The monoisotopic (exact) mass is 329 g/mol. The van der Waals surface area contributed by atoms with Crippen LogP contribution in [0.3, 0.4) is 0 Å². The van der Waals surface area contributed by atoms with Crippen LogP contribution in [-0.2, 0) is 13.6 Å². The van der Waals surface area contributed by atoms with Crippen LogP contribution in [0.5, 0.6) is 0 Å². The van der Waals surface area contributed by atoms with Gasteiger partial charge in [0.1, 0.15) is 10.4 Å². The number of hydrogen-bond acceptors (Lipinski definition) is 4. The van der Waals surface area contributed by atoms with Gasteiger partial charge in [-0.05, 0) is 35.4 Å². The van der Waals surface area contributed by atoms with Crippen LogP contribution in [0.2, 0.25) is 0 Å². The van der Waals surface area contributed by atoms with Gasteiger partial charge < -0.3 is 5.11 Å². The standard InChI is InChI=1S/C12H16BrN3O3/c1-4-9(13)14-10-8(2)11(18)16(6-5-7-17)12(19)15(10)3/h4,17H,1,5-7H2,2-3H3. The maximum Gasteiger partial charge on any atom is 0.332 e. The number of hydrogen-bond donors (Lipinski definition) is 1. The summed E-state index contributed by atoms with van der Waals surface area (Å²) in [4.78, 5) is 28.3. The Morgan fingerprint density at radius 3 is 2.68 bits per heavy atom. The lowest BCUT2D eigenvalue weighted by Crippen LogP contribution is -2.40. The molecule has 0 aliphatic rings. The molecular formula is C12H16BrN3O3. The molecule has 0 saturated heterocycles. The maximum atomic E-state index is 12.1. The van der Waals surface area contributed by atoms with E-state index in [9.17, 15) is 9.59 Å². The van der Waals surface area contributed by atoms with Crippen molar-refractivity contribution in [2.45, 2.75) is 19.9 Å². The van der Waals surface area contributed by atoms with E-state index in [0.29, 0.717) is 22.4 Å². The van der Waals surface area contributed by atoms with Gasteiger partial charge in [0.15, 0.2) is 0 Å². The average Bonchev–Trinajstić information content (AvgIpc) is 2.41. The van der Waals surface area contributed by atoms with Crippen LogP contribution >= 0.6 is 15.9 Å². The molecular weight excluding hydrogens is 314 g/mol. The van der Waals surface area contributed by atoms with E-state index in [4.69, 9.17) is 5.11 Å². The molecule has 104 valence electrons. The summed E-state index contributed by atoms with van der Waals surface area (Å²) in [5, 5.41) is 8.79. The third-order valence-electron chi connectivity index (χ3n) is 2.66. The molecule has 7 heteroatoms. The summed E-state index contributed by atoms with van der Waals surface area (Å²) < 4.78 is 2.85. The van der Waals surface area contributed by atoms with Gasteiger partial charge in [0.2, 0.25) is 0 Å². The molecule has 0 aromatic carbocycles. The normalized spacial score (nSPS) is 11.7. The molecule has 0 unspecified atom stereocenters. The Kier molecular flexibility index (Phi) is 5.44. The zero-order valence-electron chi connectivity index (χ0n) is 10.9. The molecule has 1 aromatic heterocycles. The predicted octanol–water partition coefficient (Wildman–Crippen LogP) is 0.849. The molecule has 0 aliphatic heterocycles. The second-order valence-electron chi connectivity index (χ2n) is 3.96. The van der Waals surface area contributed by atoms with Gasteiger partial charge in [0.25, 0.3) is 5.56 Å². The van der Waals surface area contributed by atoms with Gasteiger partial charge >= 0.3 is 5.69 Å². The number of aromatic nitrogens is 2. The smallest absolute Gasteiger partial charge is 0.332 e.